The highest BCUT2D eigenvalue weighted by Gasteiger charge is 2.00. The van der Waals surface area contributed by atoms with Crippen LogP contribution in [0.4, 0.5) is 0 Å². The van der Waals surface area contributed by atoms with Crippen molar-refractivity contribution in [2.24, 2.45) is 0 Å². The zero-order chi connectivity index (χ0) is 6.57. The van der Waals surface area contributed by atoms with Crippen LogP contribution in [0.15, 0.2) is 0 Å². The summed E-state index contributed by atoms with van der Waals surface area (Å²) in [6, 6.07) is 0. The van der Waals surface area contributed by atoms with Crippen molar-refractivity contribution in [1.82, 2.24) is 0 Å². The van der Waals surface area contributed by atoms with Crippen molar-refractivity contribution in [1.29, 1.82) is 0 Å². The van der Waals surface area contributed by atoms with Gasteiger partial charge in [-0.25, -0.2) is 4.79 Å². The fourth-order valence-corrected chi connectivity index (χ4v) is 0.300. The lowest BCUT2D eigenvalue weighted by molar-refractivity contribution is -0.150. The molecule has 0 aromatic carbocycles. The number of aliphatic hydroxyl groups is 1. The van der Waals surface area contributed by atoms with Gasteiger partial charge in [-0.3, -0.25) is 0 Å². The summed E-state index contributed by atoms with van der Waals surface area (Å²) in [6.45, 7) is 2.93. The highest BCUT2D eigenvalue weighted by atomic mass is 16.6. The Morgan fingerprint density at radius 1 is 1.75 bits per heavy atom. The number of hydrogen-bond acceptors (Lipinski definition) is 3. The molecule has 0 fully saturated rings. The molecule has 0 heterocycles. The predicted octanol–water partition coefficient (Wildman–Crippen LogP) is -0.0697. The number of carbonyl (C=O) groups is 1. The second-order valence-corrected chi connectivity index (χ2v) is 1.70. The molecule has 8 heavy (non-hydrogen) atoms. The molecule has 0 aliphatic rings. The Bertz CT molecular complexity index is 77.7. The number of rotatable bonds is 2. The van der Waals surface area contributed by atoms with E-state index >= 15 is 0 Å². The molecule has 0 rings (SSSR count). The third-order valence-corrected chi connectivity index (χ3v) is 0.496. The fourth-order valence-electron chi connectivity index (χ4n) is 0.300. The summed E-state index contributed by atoms with van der Waals surface area (Å²) in [4.78, 5) is 10.2. The molecule has 0 atom stereocenters. The first-order valence-electron chi connectivity index (χ1n) is 2.47. The van der Waals surface area contributed by atoms with Crippen molar-refractivity contribution >= 4 is 5.97 Å². The minimum absolute atomic E-state index is 0.130. The molecule has 0 aliphatic heterocycles. The monoisotopic (exact) mass is 118 g/mol. The predicted molar refractivity (Wildman–Crippen MR) is 28.3 cm³/mol. The van der Waals surface area contributed by atoms with Gasteiger partial charge in [0.2, 0.25) is 0 Å². The molecule has 0 spiro atoms. The Balaban J connectivity index is 3.25. The third kappa shape index (κ3) is 3.61. The highest BCUT2D eigenvalue weighted by molar-refractivity contribution is 5.70. The van der Waals surface area contributed by atoms with Crippen molar-refractivity contribution in [2.75, 3.05) is 6.61 Å². The summed E-state index contributed by atoms with van der Waals surface area (Å²) in [5, 5.41) is 8.11. The van der Waals surface area contributed by atoms with Crippen LogP contribution in [0.2, 0.25) is 0 Å². The summed E-state index contributed by atoms with van der Waals surface area (Å²) in [7, 11) is 0. The second kappa shape index (κ2) is 3.43. The fraction of sp³-hybridized carbons (Fsp3) is 0.800. The van der Waals surface area contributed by atoms with Crippen LogP contribution in [0.25, 0.3) is 0 Å². The van der Waals surface area contributed by atoms with Gasteiger partial charge in [0.25, 0.3) is 0 Å². The molecule has 0 saturated carbocycles. The van der Waals surface area contributed by atoms with Crippen LogP contribution < -0.4 is 0 Å². The molecule has 0 saturated heterocycles. The molecule has 1 N–H and O–H groups in total. The van der Waals surface area contributed by atoms with Crippen LogP contribution >= 0.6 is 0 Å². The third-order valence-electron chi connectivity index (χ3n) is 0.496. The first kappa shape index (κ1) is 7.43. The van der Waals surface area contributed by atoms with Gasteiger partial charge in [-0.2, -0.15) is 0 Å². The maximum Gasteiger partial charge on any atom is 0.332 e. The standard InChI is InChI=1S/C5H10O3/c1-4(2)8-5(7)3-6/h4,6H,3H2,1-2H3. The molecule has 0 radical (unpaired) electrons. The average molecular weight is 118 g/mol. The maximum atomic E-state index is 10.2. The first-order chi connectivity index (χ1) is 3.66. The molecule has 48 valence electrons. The normalized spacial score (nSPS) is 9.50. The summed E-state index contributed by atoms with van der Waals surface area (Å²) >= 11 is 0. The molecule has 0 bridgehead atoms. The van der Waals surface area contributed by atoms with Crippen LogP contribution in [0.3, 0.4) is 0 Å². The second-order valence-electron chi connectivity index (χ2n) is 1.70. The summed E-state index contributed by atoms with van der Waals surface area (Å²) in [5.41, 5.74) is 0. The molecular formula is C5H10O3. The molecule has 3 nitrogen and oxygen atoms in total. The molecule has 0 unspecified atom stereocenters. The summed E-state index contributed by atoms with van der Waals surface area (Å²) < 4.78 is 4.51. The van der Waals surface area contributed by atoms with Gasteiger partial charge in [-0.15, -0.1) is 0 Å². The molecule has 0 aromatic heterocycles. The number of hydrogen-bond donors (Lipinski definition) is 1. The van der Waals surface area contributed by atoms with E-state index in [2.05, 4.69) is 4.74 Å². The van der Waals surface area contributed by atoms with E-state index in [1.165, 1.54) is 0 Å². The molecule has 0 amide bonds. The van der Waals surface area contributed by atoms with E-state index in [9.17, 15) is 4.79 Å². The largest absolute Gasteiger partial charge is 0.461 e. The zero-order valence-corrected chi connectivity index (χ0v) is 5.05. The van der Waals surface area contributed by atoms with Crippen LogP contribution in [0.5, 0.6) is 0 Å². The number of esters is 1. The quantitative estimate of drug-likeness (QED) is 0.516. The van der Waals surface area contributed by atoms with Crippen molar-refractivity contribution in [3.63, 3.8) is 0 Å². The van der Waals surface area contributed by atoms with Gasteiger partial charge in [0, 0.05) is 0 Å². The van der Waals surface area contributed by atoms with Gasteiger partial charge < -0.3 is 9.84 Å². The highest BCUT2D eigenvalue weighted by Crippen LogP contribution is 1.86. The van der Waals surface area contributed by atoms with Gasteiger partial charge in [0.05, 0.1) is 6.10 Å². The molecule has 3 heteroatoms. The number of aliphatic hydroxyl groups excluding tert-OH is 1. The number of carbonyl (C=O) groups excluding carboxylic acids is 1. The zero-order valence-electron chi connectivity index (χ0n) is 5.05. The topological polar surface area (TPSA) is 46.5 Å². The van der Waals surface area contributed by atoms with E-state index in [4.69, 9.17) is 5.11 Å². The SMILES string of the molecule is CC(C)OC(=O)CO. The van der Waals surface area contributed by atoms with Gasteiger partial charge in [-0.1, -0.05) is 0 Å². The Labute approximate surface area is 48.3 Å². The van der Waals surface area contributed by atoms with Crippen LogP contribution in [-0.4, -0.2) is 23.8 Å². The number of ether oxygens (including phenoxy) is 1. The lowest BCUT2D eigenvalue weighted by atomic mass is 10.5. The minimum atomic E-state index is -0.569. The Morgan fingerprint density at radius 2 is 2.25 bits per heavy atom. The van der Waals surface area contributed by atoms with Gasteiger partial charge in [0.1, 0.15) is 6.61 Å². The van der Waals surface area contributed by atoms with Crippen molar-refractivity contribution in [3.8, 4) is 0 Å². The van der Waals surface area contributed by atoms with Gasteiger partial charge >= 0.3 is 5.97 Å². The Hall–Kier alpha value is -0.570. The lowest BCUT2D eigenvalue weighted by Gasteiger charge is -2.03. The van der Waals surface area contributed by atoms with E-state index in [0.717, 1.165) is 0 Å². The van der Waals surface area contributed by atoms with E-state index in [1.807, 2.05) is 0 Å². The molecule has 0 aliphatic carbocycles. The molecule has 0 aromatic rings. The maximum absolute atomic E-state index is 10.2. The summed E-state index contributed by atoms with van der Waals surface area (Å²) in [5.74, 6) is -0.569. The Morgan fingerprint density at radius 3 is 2.38 bits per heavy atom. The van der Waals surface area contributed by atoms with Crippen molar-refractivity contribution in [3.05, 3.63) is 0 Å². The molecular weight excluding hydrogens is 108 g/mol. The summed E-state index contributed by atoms with van der Waals surface area (Å²) in [6.07, 6.45) is -0.130. The minimum Gasteiger partial charge on any atom is -0.461 e. The van der Waals surface area contributed by atoms with E-state index in [1.54, 1.807) is 13.8 Å². The Kier molecular flexibility index (Phi) is 3.19. The van der Waals surface area contributed by atoms with E-state index in [-0.39, 0.29) is 6.10 Å². The average Bonchev–Trinajstić information content (AvgIpc) is 1.65. The van der Waals surface area contributed by atoms with Crippen molar-refractivity contribution in [2.45, 2.75) is 20.0 Å². The first-order valence-corrected chi connectivity index (χ1v) is 2.47. The van der Waals surface area contributed by atoms with E-state index in [0.29, 0.717) is 0 Å². The lowest BCUT2D eigenvalue weighted by Crippen LogP contribution is -2.14. The van der Waals surface area contributed by atoms with Crippen molar-refractivity contribution < 1.29 is 14.6 Å². The van der Waals surface area contributed by atoms with Gasteiger partial charge in [-0.05, 0) is 13.8 Å². The van der Waals surface area contributed by atoms with Crippen LogP contribution in [-0.2, 0) is 9.53 Å². The van der Waals surface area contributed by atoms with Gasteiger partial charge in [0.15, 0.2) is 0 Å². The smallest absolute Gasteiger partial charge is 0.332 e. The van der Waals surface area contributed by atoms with E-state index < -0.39 is 12.6 Å². The van der Waals surface area contributed by atoms with Crippen LogP contribution in [0.1, 0.15) is 13.8 Å². The van der Waals surface area contributed by atoms with Crippen LogP contribution in [0, 0.1) is 0 Å².